The molecule has 124 valence electrons. The fourth-order valence-corrected chi connectivity index (χ4v) is 2.71. The number of hydrogen-bond acceptors (Lipinski definition) is 8. The average Bonchev–Trinajstić information content (AvgIpc) is 3.04. The quantitative estimate of drug-likeness (QED) is 0.557. The number of rotatable bonds is 5. The molecule has 0 bridgehead atoms. The molecule has 5 N–H and O–H groups in total. The molecule has 2 aromatic rings. The molecule has 2 aromatic heterocycles. The van der Waals surface area contributed by atoms with Gasteiger partial charge in [-0.25, -0.2) is 15.0 Å². The number of carbonyl (C=O) groups is 1. The lowest BCUT2D eigenvalue weighted by Crippen LogP contribution is -2.31. The zero-order valence-corrected chi connectivity index (χ0v) is 12.1. The molecule has 1 fully saturated rings. The molecule has 0 aromatic carbocycles. The second kappa shape index (κ2) is 6.07. The number of nitrogen functional groups attached to an aromatic ring is 1. The Morgan fingerprint density at radius 1 is 1.30 bits per heavy atom. The molecule has 23 heavy (non-hydrogen) atoms. The smallest absolute Gasteiger partial charge is 0.303 e. The van der Waals surface area contributed by atoms with E-state index in [1.165, 1.54) is 17.2 Å². The Balaban J connectivity index is 1.80. The molecular formula is C13H17N5O5. The van der Waals surface area contributed by atoms with Crippen LogP contribution in [-0.2, 0) is 9.53 Å². The normalized spacial score (nSPS) is 27.6. The summed E-state index contributed by atoms with van der Waals surface area (Å²) in [6.45, 7) is 0. The van der Waals surface area contributed by atoms with Crippen molar-refractivity contribution in [3.05, 3.63) is 12.7 Å². The van der Waals surface area contributed by atoms with Crippen molar-refractivity contribution < 1.29 is 24.9 Å². The standard InChI is InChI=1S/C13H17N5O5/c14-11-8-12(16-4-15-11)18(5-17-8)13-10(22)9(21)6(23-13)2-1-3-7(19)20/h4-6,9-10,13,21-22H,1-3H2,(H,19,20)(H2,14,15,16)/t6-,9?,10?,13-/m1/s1. The number of fused-ring (bicyclic) bond motifs is 1. The van der Waals surface area contributed by atoms with E-state index in [0.29, 0.717) is 24.0 Å². The second-order valence-electron chi connectivity index (χ2n) is 5.42. The minimum Gasteiger partial charge on any atom is -0.481 e. The third-order valence-electron chi connectivity index (χ3n) is 3.88. The van der Waals surface area contributed by atoms with Crippen molar-refractivity contribution in [1.29, 1.82) is 0 Å². The van der Waals surface area contributed by atoms with E-state index in [-0.39, 0.29) is 12.2 Å². The molecule has 4 atom stereocenters. The highest BCUT2D eigenvalue weighted by atomic mass is 16.6. The van der Waals surface area contributed by atoms with Crippen LogP contribution >= 0.6 is 0 Å². The van der Waals surface area contributed by atoms with Crippen LogP contribution in [0.4, 0.5) is 5.82 Å². The lowest BCUT2D eigenvalue weighted by atomic mass is 10.0. The molecule has 1 saturated heterocycles. The monoisotopic (exact) mass is 323 g/mol. The molecule has 2 unspecified atom stereocenters. The second-order valence-corrected chi connectivity index (χ2v) is 5.42. The zero-order chi connectivity index (χ0) is 16.6. The van der Waals surface area contributed by atoms with Crippen molar-refractivity contribution in [1.82, 2.24) is 19.5 Å². The molecule has 0 aliphatic carbocycles. The molecule has 10 nitrogen and oxygen atoms in total. The van der Waals surface area contributed by atoms with Gasteiger partial charge in [-0.3, -0.25) is 9.36 Å². The summed E-state index contributed by atoms with van der Waals surface area (Å²) in [7, 11) is 0. The first-order chi connectivity index (χ1) is 11.0. The maximum Gasteiger partial charge on any atom is 0.303 e. The molecule has 10 heteroatoms. The molecule has 0 saturated carbocycles. The molecule has 1 aliphatic rings. The summed E-state index contributed by atoms with van der Waals surface area (Å²) in [5.74, 6) is -0.706. The van der Waals surface area contributed by atoms with E-state index >= 15 is 0 Å². The number of aliphatic hydroxyl groups is 2. The number of carboxylic acids is 1. The summed E-state index contributed by atoms with van der Waals surface area (Å²) in [5, 5.41) is 29.0. The molecule has 3 rings (SSSR count). The summed E-state index contributed by atoms with van der Waals surface area (Å²) < 4.78 is 7.17. The zero-order valence-electron chi connectivity index (χ0n) is 12.1. The lowest BCUT2D eigenvalue weighted by molar-refractivity contribution is -0.137. The number of anilines is 1. The summed E-state index contributed by atoms with van der Waals surface area (Å²) in [4.78, 5) is 22.6. The van der Waals surface area contributed by atoms with Crippen LogP contribution in [0.5, 0.6) is 0 Å². The van der Waals surface area contributed by atoms with Gasteiger partial charge in [-0.1, -0.05) is 0 Å². The number of imidazole rings is 1. The van der Waals surface area contributed by atoms with Crippen LogP contribution in [0.25, 0.3) is 11.2 Å². The Labute approximate surface area is 130 Å². The van der Waals surface area contributed by atoms with E-state index in [9.17, 15) is 15.0 Å². The number of aromatic nitrogens is 4. The van der Waals surface area contributed by atoms with E-state index in [0.717, 1.165) is 0 Å². The molecule has 0 spiro atoms. The Kier molecular flexibility index (Phi) is 4.11. The van der Waals surface area contributed by atoms with Crippen LogP contribution in [0.1, 0.15) is 25.5 Å². The van der Waals surface area contributed by atoms with E-state index < -0.39 is 30.5 Å². The average molecular weight is 323 g/mol. The molecular weight excluding hydrogens is 306 g/mol. The SMILES string of the molecule is Nc1ncnc2c1ncn2[C@@H]1O[C@H](CCCC(=O)O)C(O)C1O. The summed E-state index contributed by atoms with van der Waals surface area (Å²) in [6.07, 6.45) is -0.506. The predicted molar refractivity (Wildman–Crippen MR) is 77.1 cm³/mol. The number of hydrogen-bond donors (Lipinski definition) is 4. The Hall–Kier alpha value is -2.30. The van der Waals surface area contributed by atoms with E-state index in [4.69, 9.17) is 15.6 Å². The van der Waals surface area contributed by atoms with Crippen LogP contribution in [0.3, 0.4) is 0 Å². The summed E-state index contributed by atoms with van der Waals surface area (Å²) >= 11 is 0. The summed E-state index contributed by atoms with van der Waals surface area (Å²) in [5.41, 5.74) is 6.49. The van der Waals surface area contributed by atoms with Gasteiger partial charge in [-0.15, -0.1) is 0 Å². The number of aliphatic carboxylic acids is 1. The minimum atomic E-state index is -1.18. The van der Waals surface area contributed by atoms with Gasteiger partial charge in [0.05, 0.1) is 12.4 Å². The highest BCUT2D eigenvalue weighted by molar-refractivity contribution is 5.81. The molecule has 1 aliphatic heterocycles. The van der Waals surface area contributed by atoms with Gasteiger partial charge in [0, 0.05) is 6.42 Å². The van der Waals surface area contributed by atoms with Crippen LogP contribution in [0.2, 0.25) is 0 Å². The minimum absolute atomic E-state index is 0.0227. The van der Waals surface area contributed by atoms with Crippen molar-refractivity contribution in [2.24, 2.45) is 0 Å². The highest BCUT2D eigenvalue weighted by Crippen LogP contribution is 2.33. The van der Waals surface area contributed by atoms with Gasteiger partial charge in [-0.2, -0.15) is 0 Å². The molecule has 3 heterocycles. The van der Waals surface area contributed by atoms with Gasteiger partial charge in [0.15, 0.2) is 17.7 Å². The number of carboxylic acid groups (broad SMARTS) is 1. The van der Waals surface area contributed by atoms with Gasteiger partial charge in [0.25, 0.3) is 0 Å². The van der Waals surface area contributed by atoms with E-state index in [1.807, 2.05) is 0 Å². The Bertz CT molecular complexity index is 720. The third kappa shape index (κ3) is 2.83. The topological polar surface area (TPSA) is 157 Å². The van der Waals surface area contributed by atoms with Gasteiger partial charge >= 0.3 is 5.97 Å². The first kappa shape index (κ1) is 15.6. The Morgan fingerprint density at radius 2 is 2.09 bits per heavy atom. The van der Waals surface area contributed by atoms with Crippen molar-refractivity contribution in [2.75, 3.05) is 5.73 Å². The van der Waals surface area contributed by atoms with Crippen molar-refractivity contribution in [2.45, 2.75) is 43.8 Å². The largest absolute Gasteiger partial charge is 0.481 e. The maximum absolute atomic E-state index is 10.6. The van der Waals surface area contributed by atoms with Crippen molar-refractivity contribution in [3.63, 3.8) is 0 Å². The van der Waals surface area contributed by atoms with Crippen molar-refractivity contribution >= 4 is 23.0 Å². The van der Waals surface area contributed by atoms with Crippen LogP contribution in [-0.4, -0.2) is 59.1 Å². The van der Waals surface area contributed by atoms with Gasteiger partial charge in [0.1, 0.15) is 24.1 Å². The number of nitrogens with two attached hydrogens (primary N) is 1. The predicted octanol–water partition coefficient (Wildman–Crippen LogP) is -0.717. The Morgan fingerprint density at radius 3 is 2.83 bits per heavy atom. The number of aliphatic hydroxyl groups excluding tert-OH is 2. The fourth-order valence-electron chi connectivity index (χ4n) is 2.71. The fraction of sp³-hybridized carbons (Fsp3) is 0.538. The van der Waals surface area contributed by atoms with Crippen LogP contribution < -0.4 is 5.73 Å². The van der Waals surface area contributed by atoms with Crippen molar-refractivity contribution in [3.8, 4) is 0 Å². The van der Waals surface area contributed by atoms with E-state index in [2.05, 4.69) is 15.0 Å². The number of nitrogens with zero attached hydrogens (tertiary/aromatic N) is 4. The first-order valence-electron chi connectivity index (χ1n) is 7.15. The third-order valence-corrected chi connectivity index (χ3v) is 3.88. The lowest BCUT2D eigenvalue weighted by Gasteiger charge is -2.16. The summed E-state index contributed by atoms with van der Waals surface area (Å²) in [6, 6.07) is 0. The molecule has 0 radical (unpaired) electrons. The molecule has 0 amide bonds. The highest BCUT2D eigenvalue weighted by Gasteiger charge is 2.43. The van der Waals surface area contributed by atoms with Gasteiger partial charge in [0.2, 0.25) is 0 Å². The van der Waals surface area contributed by atoms with Crippen LogP contribution in [0, 0.1) is 0 Å². The number of ether oxygens (including phenoxy) is 1. The van der Waals surface area contributed by atoms with E-state index in [1.54, 1.807) is 0 Å². The first-order valence-corrected chi connectivity index (χ1v) is 7.15. The van der Waals surface area contributed by atoms with Gasteiger partial charge in [-0.05, 0) is 12.8 Å². The van der Waals surface area contributed by atoms with Crippen LogP contribution in [0.15, 0.2) is 12.7 Å². The van der Waals surface area contributed by atoms with Gasteiger partial charge < -0.3 is 25.8 Å². The maximum atomic E-state index is 10.6.